The Balaban J connectivity index is 1.95. The number of nitrogens with zero attached hydrogens (tertiary/aromatic N) is 1. The zero-order chi connectivity index (χ0) is 11.7. The highest BCUT2D eigenvalue weighted by atomic mass is 15.0. The van der Waals surface area contributed by atoms with Crippen molar-refractivity contribution in [3.63, 3.8) is 0 Å². The number of rotatable bonds is 5. The van der Waals surface area contributed by atoms with E-state index in [0.717, 1.165) is 19.1 Å². The third-order valence-corrected chi connectivity index (χ3v) is 3.36. The number of benzene rings is 1. The quantitative estimate of drug-likeness (QED) is 0.775. The molecule has 1 aliphatic carbocycles. The van der Waals surface area contributed by atoms with Gasteiger partial charge in [-0.25, -0.2) is 0 Å². The van der Waals surface area contributed by atoms with Crippen molar-refractivity contribution >= 4 is 10.9 Å². The van der Waals surface area contributed by atoms with Gasteiger partial charge in [0.15, 0.2) is 0 Å². The fourth-order valence-corrected chi connectivity index (χ4v) is 2.30. The van der Waals surface area contributed by atoms with Gasteiger partial charge in [0.05, 0.1) is 0 Å². The fraction of sp³-hybridized carbons (Fsp3) is 0.333. The van der Waals surface area contributed by atoms with E-state index in [1.807, 2.05) is 6.08 Å². The van der Waals surface area contributed by atoms with Crippen LogP contribution in [0.1, 0.15) is 18.5 Å². The molecule has 1 saturated carbocycles. The summed E-state index contributed by atoms with van der Waals surface area (Å²) in [5, 5.41) is 4.90. The summed E-state index contributed by atoms with van der Waals surface area (Å²) < 4.78 is 2.34. The minimum Gasteiger partial charge on any atom is -0.339 e. The van der Waals surface area contributed by atoms with Gasteiger partial charge < -0.3 is 9.88 Å². The number of aromatic nitrogens is 1. The number of para-hydroxylation sites is 1. The van der Waals surface area contributed by atoms with Crippen molar-refractivity contribution in [1.82, 2.24) is 9.88 Å². The molecule has 2 aromatic rings. The second kappa shape index (κ2) is 4.38. The maximum absolute atomic E-state index is 3.85. The van der Waals surface area contributed by atoms with Crippen molar-refractivity contribution in [3.05, 3.63) is 48.7 Å². The molecule has 1 aliphatic rings. The molecule has 0 amide bonds. The van der Waals surface area contributed by atoms with Crippen molar-refractivity contribution in [3.8, 4) is 0 Å². The van der Waals surface area contributed by atoms with E-state index in [0.29, 0.717) is 0 Å². The smallest absolute Gasteiger partial charge is 0.0485 e. The van der Waals surface area contributed by atoms with Gasteiger partial charge in [-0.3, -0.25) is 0 Å². The highest BCUT2D eigenvalue weighted by molar-refractivity contribution is 5.81. The minimum absolute atomic E-state index is 0.755. The Kier molecular flexibility index (Phi) is 2.73. The summed E-state index contributed by atoms with van der Waals surface area (Å²) >= 11 is 0. The molecule has 0 saturated heterocycles. The van der Waals surface area contributed by atoms with E-state index in [2.05, 4.69) is 46.8 Å². The predicted octanol–water partition coefficient (Wildman–Crippen LogP) is 3.08. The van der Waals surface area contributed by atoms with Crippen LogP contribution < -0.4 is 5.32 Å². The van der Waals surface area contributed by atoms with Gasteiger partial charge in [-0.1, -0.05) is 24.3 Å². The number of hydrogen-bond acceptors (Lipinski definition) is 1. The topological polar surface area (TPSA) is 17.0 Å². The summed E-state index contributed by atoms with van der Waals surface area (Å²) in [5.74, 6) is 0. The van der Waals surface area contributed by atoms with E-state index in [9.17, 15) is 0 Å². The third-order valence-electron chi connectivity index (χ3n) is 3.36. The molecule has 17 heavy (non-hydrogen) atoms. The maximum Gasteiger partial charge on any atom is 0.0485 e. The molecule has 1 heterocycles. The lowest BCUT2D eigenvalue weighted by Gasteiger charge is -2.08. The highest BCUT2D eigenvalue weighted by Gasteiger charge is 2.20. The van der Waals surface area contributed by atoms with E-state index in [4.69, 9.17) is 0 Å². The Morgan fingerprint density at radius 2 is 2.18 bits per heavy atom. The molecule has 88 valence electrons. The standard InChI is InChI=1S/C15H18N2/c1-2-9-17-14(11-16-13-7-8-13)10-12-5-3-4-6-15(12)17/h2-6,10,13,16H,1,7-9,11H2. The second-order valence-corrected chi connectivity index (χ2v) is 4.75. The van der Waals surface area contributed by atoms with Crippen LogP contribution in [0, 0.1) is 0 Å². The first-order chi connectivity index (χ1) is 8.38. The van der Waals surface area contributed by atoms with Crippen LogP contribution in [0.2, 0.25) is 0 Å². The normalized spacial score (nSPS) is 15.3. The van der Waals surface area contributed by atoms with Crippen LogP contribution >= 0.6 is 0 Å². The Bertz CT molecular complexity index is 535. The van der Waals surface area contributed by atoms with Gasteiger partial charge in [-0.2, -0.15) is 0 Å². The molecule has 0 unspecified atom stereocenters. The summed E-state index contributed by atoms with van der Waals surface area (Å²) in [6, 6.07) is 11.6. The zero-order valence-corrected chi connectivity index (χ0v) is 10.0. The highest BCUT2D eigenvalue weighted by Crippen LogP contribution is 2.22. The Labute approximate surface area is 102 Å². The molecule has 0 atom stereocenters. The lowest BCUT2D eigenvalue weighted by molar-refractivity contribution is 0.645. The van der Waals surface area contributed by atoms with Crippen LogP contribution in [0.4, 0.5) is 0 Å². The van der Waals surface area contributed by atoms with Crippen molar-refractivity contribution < 1.29 is 0 Å². The first kappa shape index (κ1) is 10.6. The van der Waals surface area contributed by atoms with Gasteiger partial charge in [0.25, 0.3) is 0 Å². The van der Waals surface area contributed by atoms with Gasteiger partial charge in [0.2, 0.25) is 0 Å². The summed E-state index contributed by atoms with van der Waals surface area (Å²) in [7, 11) is 0. The van der Waals surface area contributed by atoms with Crippen molar-refractivity contribution in [2.75, 3.05) is 0 Å². The predicted molar refractivity (Wildman–Crippen MR) is 72.0 cm³/mol. The van der Waals surface area contributed by atoms with Gasteiger partial charge in [-0.15, -0.1) is 6.58 Å². The average molecular weight is 226 g/mol. The van der Waals surface area contributed by atoms with Gasteiger partial charge >= 0.3 is 0 Å². The molecule has 2 nitrogen and oxygen atoms in total. The van der Waals surface area contributed by atoms with Crippen LogP contribution in [0.3, 0.4) is 0 Å². The largest absolute Gasteiger partial charge is 0.339 e. The molecular formula is C15H18N2. The van der Waals surface area contributed by atoms with Crippen LogP contribution in [-0.2, 0) is 13.1 Å². The lowest BCUT2D eigenvalue weighted by Crippen LogP contribution is -2.17. The SMILES string of the molecule is C=CCn1c(CNC2CC2)cc2ccccc21. The van der Waals surface area contributed by atoms with E-state index in [-0.39, 0.29) is 0 Å². The molecule has 0 radical (unpaired) electrons. The van der Waals surface area contributed by atoms with Crippen molar-refractivity contribution in [1.29, 1.82) is 0 Å². The first-order valence-electron chi connectivity index (χ1n) is 6.30. The van der Waals surface area contributed by atoms with E-state index in [1.54, 1.807) is 0 Å². The molecule has 3 rings (SSSR count). The molecule has 1 aromatic carbocycles. The number of fused-ring (bicyclic) bond motifs is 1. The van der Waals surface area contributed by atoms with Crippen LogP contribution in [0.5, 0.6) is 0 Å². The first-order valence-corrected chi connectivity index (χ1v) is 6.30. The Morgan fingerprint density at radius 3 is 2.94 bits per heavy atom. The molecule has 1 aromatic heterocycles. The third kappa shape index (κ3) is 2.13. The van der Waals surface area contributed by atoms with Gasteiger partial charge in [0, 0.05) is 30.3 Å². The summed E-state index contributed by atoms with van der Waals surface area (Å²) in [6.07, 6.45) is 4.64. The van der Waals surface area contributed by atoms with Gasteiger partial charge in [-0.05, 0) is 30.4 Å². The van der Waals surface area contributed by atoms with E-state index in [1.165, 1.54) is 29.4 Å². The summed E-state index contributed by atoms with van der Waals surface area (Å²) in [4.78, 5) is 0. The molecular weight excluding hydrogens is 208 g/mol. The van der Waals surface area contributed by atoms with Gasteiger partial charge in [0.1, 0.15) is 0 Å². The monoisotopic (exact) mass is 226 g/mol. The Hall–Kier alpha value is -1.54. The second-order valence-electron chi connectivity index (χ2n) is 4.75. The molecule has 0 spiro atoms. The fourth-order valence-electron chi connectivity index (χ4n) is 2.30. The average Bonchev–Trinajstić information content (AvgIpc) is 3.11. The molecule has 1 N–H and O–H groups in total. The maximum atomic E-state index is 3.85. The molecule has 0 aliphatic heterocycles. The summed E-state index contributed by atoms with van der Waals surface area (Å²) in [6.45, 7) is 5.70. The minimum atomic E-state index is 0.755. The number of allylic oxidation sites excluding steroid dienone is 1. The molecule has 0 bridgehead atoms. The zero-order valence-electron chi connectivity index (χ0n) is 10.0. The number of nitrogens with one attached hydrogen (secondary N) is 1. The van der Waals surface area contributed by atoms with E-state index >= 15 is 0 Å². The van der Waals surface area contributed by atoms with Crippen LogP contribution in [-0.4, -0.2) is 10.6 Å². The lowest BCUT2D eigenvalue weighted by atomic mass is 10.2. The Morgan fingerprint density at radius 1 is 1.35 bits per heavy atom. The number of hydrogen-bond donors (Lipinski definition) is 1. The van der Waals surface area contributed by atoms with Crippen molar-refractivity contribution in [2.24, 2.45) is 0 Å². The van der Waals surface area contributed by atoms with Crippen LogP contribution in [0.25, 0.3) is 10.9 Å². The van der Waals surface area contributed by atoms with Crippen LogP contribution in [0.15, 0.2) is 43.0 Å². The van der Waals surface area contributed by atoms with E-state index < -0.39 is 0 Å². The molecule has 1 fully saturated rings. The summed E-state index contributed by atoms with van der Waals surface area (Å²) in [5.41, 5.74) is 2.66. The molecule has 2 heteroatoms. The van der Waals surface area contributed by atoms with Crippen molar-refractivity contribution in [2.45, 2.75) is 32.0 Å².